The van der Waals surface area contributed by atoms with Crippen molar-refractivity contribution in [3.8, 4) is 0 Å². The lowest BCUT2D eigenvalue weighted by Crippen LogP contribution is -2.39. The van der Waals surface area contributed by atoms with Crippen molar-refractivity contribution < 1.29 is 9.53 Å². The number of ether oxygens (including phenoxy) is 1. The summed E-state index contributed by atoms with van der Waals surface area (Å²) in [6.45, 7) is 0.778. The quantitative estimate of drug-likeness (QED) is 0.615. The molecule has 0 aliphatic carbocycles. The predicted octanol–water partition coefficient (Wildman–Crippen LogP) is 2.31. The van der Waals surface area contributed by atoms with Crippen LogP contribution in [0.4, 0.5) is 0 Å². The van der Waals surface area contributed by atoms with Crippen molar-refractivity contribution in [2.75, 3.05) is 13.7 Å². The van der Waals surface area contributed by atoms with Crippen molar-refractivity contribution in [2.45, 2.75) is 16.6 Å². The molecule has 1 aliphatic heterocycles. The zero-order valence-electron chi connectivity index (χ0n) is 9.10. The Bertz CT molecular complexity index is 369. The number of carbonyl (C=O) groups is 1. The lowest BCUT2D eigenvalue weighted by atomic mass is 10.2. The normalized spacial score (nSPS) is 24.8. The van der Waals surface area contributed by atoms with E-state index < -0.39 is 0 Å². The van der Waals surface area contributed by atoms with Crippen molar-refractivity contribution in [3.05, 3.63) is 35.9 Å². The van der Waals surface area contributed by atoms with Crippen LogP contribution < -0.4 is 0 Å². The summed E-state index contributed by atoms with van der Waals surface area (Å²) in [5.74, 6) is 0.0617. The molecule has 4 heteroatoms. The zero-order chi connectivity index (χ0) is 11.5. The van der Waals surface area contributed by atoms with Gasteiger partial charge in [0.15, 0.2) is 0 Å². The van der Waals surface area contributed by atoms with Crippen LogP contribution in [-0.2, 0) is 4.74 Å². The van der Waals surface area contributed by atoms with Gasteiger partial charge in [-0.25, -0.2) is 0 Å². The third-order valence-electron chi connectivity index (χ3n) is 2.79. The number of likely N-dealkylation sites (tertiary alicyclic amines) is 1. The second-order valence-corrected chi connectivity index (χ2v) is 5.40. The summed E-state index contributed by atoms with van der Waals surface area (Å²) in [6, 6.07) is 9.36. The second kappa shape index (κ2) is 5.14. The van der Waals surface area contributed by atoms with Crippen molar-refractivity contribution >= 4 is 28.5 Å². The molecule has 0 aromatic heterocycles. The molecule has 2 unspecified atom stereocenters. The SMILES string of the molecule is COC1C(I)CCN1C(=O)c1ccccc1. The van der Waals surface area contributed by atoms with Gasteiger partial charge in [-0.3, -0.25) is 4.79 Å². The molecule has 1 fully saturated rings. The number of hydrogen-bond acceptors (Lipinski definition) is 2. The standard InChI is InChI=1S/C12H14INO2/c1-16-12-10(13)7-8-14(12)11(15)9-5-3-2-4-6-9/h2-6,10,12H,7-8H2,1H3. The molecule has 1 aromatic carbocycles. The van der Waals surface area contributed by atoms with E-state index in [0.717, 1.165) is 18.5 Å². The number of hydrogen-bond donors (Lipinski definition) is 0. The molecule has 0 radical (unpaired) electrons. The van der Waals surface area contributed by atoms with Gasteiger partial charge in [0.1, 0.15) is 6.23 Å². The summed E-state index contributed by atoms with van der Waals surface area (Å²) in [4.78, 5) is 14.0. The Balaban J connectivity index is 2.17. The van der Waals surface area contributed by atoms with Crippen LogP contribution in [0.1, 0.15) is 16.8 Å². The third kappa shape index (κ3) is 2.22. The maximum absolute atomic E-state index is 12.2. The molecule has 1 aliphatic rings. The van der Waals surface area contributed by atoms with Gasteiger partial charge >= 0.3 is 0 Å². The van der Waals surface area contributed by atoms with Crippen LogP contribution in [0.15, 0.2) is 30.3 Å². The minimum atomic E-state index is -0.0895. The monoisotopic (exact) mass is 331 g/mol. The number of methoxy groups -OCH3 is 1. The summed E-state index contributed by atoms with van der Waals surface area (Å²) in [6.07, 6.45) is 0.908. The van der Waals surface area contributed by atoms with E-state index in [1.807, 2.05) is 35.2 Å². The molecule has 0 spiro atoms. The number of nitrogens with zero attached hydrogens (tertiary/aromatic N) is 1. The average molecular weight is 331 g/mol. The molecule has 1 amide bonds. The molecule has 2 rings (SSSR count). The first-order valence-electron chi connectivity index (χ1n) is 5.27. The lowest BCUT2D eigenvalue weighted by molar-refractivity contribution is 0.00570. The smallest absolute Gasteiger partial charge is 0.255 e. The molecule has 0 bridgehead atoms. The van der Waals surface area contributed by atoms with E-state index in [1.165, 1.54) is 0 Å². The van der Waals surface area contributed by atoms with Gasteiger partial charge in [0.25, 0.3) is 5.91 Å². The fourth-order valence-electron chi connectivity index (χ4n) is 1.97. The molecule has 1 heterocycles. The molecular weight excluding hydrogens is 317 g/mol. The highest BCUT2D eigenvalue weighted by Gasteiger charge is 2.35. The number of benzene rings is 1. The molecule has 16 heavy (non-hydrogen) atoms. The molecule has 0 saturated carbocycles. The Morgan fingerprint density at radius 1 is 1.44 bits per heavy atom. The minimum Gasteiger partial charge on any atom is -0.360 e. The van der Waals surface area contributed by atoms with E-state index in [1.54, 1.807) is 7.11 Å². The number of carbonyl (C=O) groups excluding carboxylic acids is 1. The van der Waals surface area contributed by atoms with Gasteiger partial charge in [-0.2, -0.15) is 0 Å². The van der Waals surface area contributed by atoms with Crippen LogP contribution in [0, 0.1) is 0 Å². The van der Waals surface area contributed by atoms with Gasteiger partial charge in [-0.1, -0.05) is 40.8 Å². The Morgan fingerprint density at radius 2 is 2.12 bits per heavy atom. The number of rotatable bonds is 2. The van der Waals surface area contributed by atoms with E-state index in [0.29, 0.717) is 3.92 Å². The van der Waals surface area contributed by atoms with Crippen molar-refractivity contribution in [1.82, 2.24) is 4.90 Å². The van der Waals surface area contributed by atoms with Gasteiger partial charge in [0.05, 0.1) is 3.92 Å². The number of amides is 1. The highest BCUT2D eigenvalue weighted by Crippen LogP contribution is 2.26. The maximum Gasteiger partial charge on any atom is 0.255 e. The number of halogens is 1. The van der Waals surface area contributed by atoms with Crippen LogP contribution in [0.5, 0.6) is 0 Å². The van der Waals surface area contributed by atoms with Gasteiger partial charge in [0, 0.05) is 19.2 Å². The molecule has 3 nitrogen and oxygen atoms in total. The third-order valence-corrected chi connectivity index (χ3v) is 4.02. The fourth-order valence-corrected chi connectivity index (χ4v) is 2.93. The van der Waals surface area contributed by atoms with Gasteiger partial charge in [-0.05, 0) is 18.6 Å². The summed E-state index contributed by atoms with van der Waals surface area (Å²) in [7, 11) is 1.66. The van der Waals surface area contributed by atoms with Crippen LogP contribution in [0.25, 0.3) is 0 Å². The first-order valence-corrected chi connectivity index (χ1v) is 6.51. The molecular formula is C12H14INO2. The zero-order valence-corrected chi connectivity index (χ0v) is 11.3. The van der Waals surface area contributed by atoms with Gasteiger partial charge in [0.2, 0.25) is 0 Å². The minimum absolute atomic E-state index is 0.0617. The van der Waals surface area contributed by atoms with Crippen molar-refractivity contribution in [1.29, 1.82) is 0 Å². The molecule has 1 aromatic rings. The summed E-state index contributed by atoms with van der Waals surface area (Å²) >= 11 is 2.34. The van der Waals surface area contributed by atoms with Crippen LogP contribution in [0.3, 0.4) is 0 Å². The molecule has 2 atom stereocenters. The van der Waals surface area contributed by atoms with E-state index in [-0.39, 0.29) is 12.1 Å². The van der Waals surface area contributed by atoms with Crippen LogP contribution in [0.2, 0.25) is 0 Å². The largest absolute Gasteiger partial charge is 0.360 e. The summed E-state index contributed by atoms with van der Waals surface area (Å²) in [5.41, 5.74) is 0.732. The highest BCUT2D eigenvalue weighted by atomic mass is 127. The topological polar surface area (TPSA) is 29.5 Å². The van der Waals surface area contributed by atoms with E-state index in [9.17, 15) is 4.79 Å². The summed E-state index contributed by atoms with van der Waals surface area (Å²) < 4.78 is 5.76. The Hall–Kier alpha value is -0.620. The van der Waals surface area contributed by atoms with Crippen LogP contribution in [-0.4, -0.2) is 34.6 Å². The van der Waals surface area contributed by atoms with Crippen molar-refractivity contribution in [2.24, 2.45) is 0 Å². The molecule has 86 valence electrons. The van der Waals surface area contributed by atoms with E-state index >= 15 is 0 Å². The first-order chi connectivity index (χ1) is 7.74. The second-order valence-electron chi connectivity index (χ2n) is 3.80. The Morgan fingerprint density at radius 3 is 2.75 bits per heavy atom. The summed E-state index contributed by atoms with van der Waals surface area (Å²) in [5, 5.41) is 0. The average Bonchev–Trinajstić information content (AvgIpc) is 2.70. The van der Waals surface area contributed by atoms with Crippen LogP contribution >= 0.6 is 22.6 Å². The Kier molecular flexibility index (Phi) is 3.81. The fraction of sp³-hybridized carbons (Fsp3) is 0.417. The Labute approximate surface area is 109 Å². The van der Waals surface area contributed by atoms with Gasteiger partial charge in [-0.15, -0.1) is 0 Å². The molecule has 0 N–H and O–H groups in total. The molecule has 1 saturated heterocycles. The highest BCUT2D eigenvalue weighted by molar-refractivity contribution is 14.1. The maximum atomic E-state index is 12.2. The lowest BCUT2D eigenvalue weighted by Gasteiger charge is -2.24. The van der Waals surface area contributed by atoms with E-state index in [2.05, 4.69) is 22.6 Å². The first kappa shape index (κ1) is 11.9. The number of alkyl halides is 1. The van der Waals surface area contributed by atoms with E-state index in [4.69, 9.17) is 4.74 Å². The van der Waals surface area contributed by atoms with Crippen molar-refractivity contribution in [3.63, 3.8) is 0 Å². The van der Waals surface area contributed by atoms with Gasteiger partial charge < -0.3 is 9.64 Å². The predicted molar refractivity (Wildman–Crippen MR) is 70.7 cm³/mol.